The molecule has 3 N–H and O–H groups in total. The summed E-state index contributed by atoms with van der Waals surface area (Å²) in [5.41, 5.74) is 0.497. The van der Waals surface area contributed by atoms with Gasteiger partial charge in [-0.1, -0.05) is 6.92 Å². The molecule has 0 spiro atoms. The van der Waals surface area contributed by atoms with E-state index in [1.807, 2.05) is 0 Å². The average molecular weight is 331 g/mol. The van der Waals surface area contributed by atoms with Crippen molar-refractivity contribution in [2.45, 2.75) is 19.4 Å². The number of benzene rings is 1. The predicted molar refractivity (Wildman–Crippen MR) is 74.6 cm³/mol. The van der Waals surface area contributed by atoms with Gasteiger partial charge in [-0.25, -0.2) is 9.59 Å². The normalized spacial score (nSPS) is 11.5. The first kappa shape index (κ1) is 15.3. The second-order valence-corrected chi connectivity index (χ2v) is 4.60. The summed E-state index contributed by atoms with van der Waals surface area (Å²) in [5, 5.41) is 13.8. The first-order valence-electron chi connectivity index (χ1n) is 5.61. The topological polar surface area (TPSA) is 87.7 Å². The lowest BCUT2D eigenvalue weighted by atomic mass is 10.2. The van der Waals surface area contributed by atoms with E-state index in [0.717, 1.165) is 0 Å². The number of carboxylic acid groups (broad SMARTS) is 1. The Morgan fingerprint density at radius 1 is 1.47 bits per heavy atom. The molecule has 0 saturated carbocycles. The van der Waals surface area contributed by atoms with E-state index in [-0.39, 0.29) is 0 Å². The molecule has 2 amide bonds. The standard InChI is InChI=1S/C12H15BrN2O4/c1-3-9(11(16)17)14-12(18)15-10-6-7(19-2)4-5-8(10)13/h4-6,9H,3H2,1-2H3,(H,16,17)(H2,14,15,18)/t9-/m0/s1. The molecule has 0 aliphatic heterocycles. The van der Waals surface area contributed by atoms with Gasteiger partial charge in [-0.2, -0.15) is 0 Å². The monoisotopic (exact) mass is 330 g/mol. The minimum absolute atomic E-state index is 0.308. The fraction of sp³-hybridized carbons (Fsp3) is 0.333. The average Bonchev–Trinajstić information content (AvgIpc) is 2.38. The van der Waals surface area contributed by atoms with Crippen LogP contribution in [0.2, 0.25) is 0 Å². The number of methoxy groups -OCH3 is 1. The highest BCUT2D eigenvalue weighted by atomic mass is 79.9. The Labute approximate surface area is 119 Å². The zero-order chi connectivity index (χ0) is 14.4. The van der Waals surface area contributed by atoms with Crippen LogP contribution in [0.4, 0.5) is 10.5 Å². The van der Waals surface area contributed by atoms with Crippen LogP contribution in [0.1, 0.15) is 13.3 Å². The third kappa shape index (κ3) is 4.44. The van der Waals surface area contributed by atoms with E-state index >= 15 is 0 Å². The highest BCUT2D eigenvalue weighted by molar-refractivity contribution is 9.10. The van der Waals surface area contributed by atoms with E-state index < -0.39 is 18.0 Å². The lowest BCUT2D eigenvalue weighted by Crippen LogP contribution is -2.42. The zero-order valence-corrected chi connectivity index (χ0v) is 12.2. The Morgan fingerprint density at radius 2 is 2.16 bits per heavy atom. The minimum Gasteiger partial charge on any atom is -0.497 e. The van der Waals surface area contributed by atoms with Crippen molar-refractivity contribution >= 4 is 33.6 Å². The summed E-state index contributed by atoms with van der Waals surface area (Å²) in [6.45, 7) is 1.68. The van der Waals surface area contributed by atoms with Crippen LogP contribution < -0.4 is 15.4 Å². The highest BCUT2D eigenvalue weighted by Gasteiger charge is 2.17. The smallest absolute Gasteiger partial charge is 0.326 e. The van der Waals surface area contributed by atoms with Gasteiger partial charge in [0.15, 0.2) is 0 Å². The Bertz CT molecular complexity index is 479. The first-order valence-corrected chi connectivity index (χ1v) is 6.41. The summed E-state index contributed by atoms with van der Waals surface area (Å²) in [7, 11) is 1.52. The van der Waals surface area contributed by atoms with Gasteiger partial charge in [-0.15, -0.1) is 0 Å². The van der Waals surface area contributed by atoms with Crippen LogP contribution >= 0.6 is 15.9 Å². The number of anilines is 1. The van der Waals surface area contributed by atoms with Crippen molar-refractivity contribution in [1.82, 2.24) is 5.32 Å². The van der Waals surface area contributed by atoms with Gasteiger partial charge >= 0.3 is 12.0 Å². The lowest BCUT2D eigenvalue weighted by Gasteiger charge is -2.14. The number of carboxylic acids is 1. The van der Waals surface area contributed by atoms with Crippen LogP contribution in [0, 0.1) is 0 Å². The second kappa shape index (κ2) is 6.98. The number of urea groups is 1. The van der Waals surface area contributed by atoms with Crippen LogP contribution in [0.3, 0.4) is 0 Å². The Morgan fingerprint density at radius 3 is 2.68 bits per heavy atom. The number of hydrogen-bond donors (Lipinski definition) is 3. The lowest BCUT2D eigenvalue weighted by molar-refractivity contribution is -0.139. The maximum atomic E-state index is 11.7. The molecule has 0 fully saturated rings. The first-order chi connectivity index (χ1) is 8.97. The third-order valence-corrected chi connectivity index (χ3v) is 3.12. The maximum Gasteiger partial charge on any atom is 0.326 e. The van der Waals surface area contributed by atoms with Gasteiger partial charge in [-0.05, 0) is 34.5 Å². The number of hydrogen-bond acceptors (Lipinski definition) is 3. The number of amides is 2. The molecule has 104 valence electrons. The Kier molecular flexibility index (Phi) is 5.62. The molecule has 1 aromatic rings. The number of rotatable bonds is 5. The van der Waals surface area contributed by atoms with Crippen molar-refractivity contribution in [2.24, 2.45) is 0 Å². The van der Waals surface area contributed by atoms with Crippen molar-refractivity contribution in [2.75, 3.05) is 12.4 Å². The van der Waals surface area contributed by atoms with Crippen molar-refractivity contribution in [3.05, 3.63) is 22.7 Å². The summed E-state index contributed by atoms with van der Waals surface area (Å²) in [6, 6.07) is 3.60. The predicted octanol–water partition coefficient (Wildman–Crippen LogP) is 2.44. The number of carbonyl (C=O) groups is 2. The van der Waals surface area contributed by atoms with E-state index in [2.05, 4.69) is 26.6 Å². The largest absolute Gasteiger partial charge is 0.497 e. The fourth-order valence-corrected chi connectivity index (χ4v) is 1.73. The third-order valence-electron chi connectivity index (χ3n) is 2.43. The molecule has 6 nitrogen and oxygen atoms in total. The number of nitrogens with one attached hydrogen (secondary N) is 2. The molecule has 0 saturated heterocycles. The SMILES string of the molecule is CC[C@H](NC(=O)Nc1cc(OC)ccc1Br)C(=O)O. The number of halogens is 1. The van der Waals surface area contributed by atoms with E-state index in [4.69, 9.17) is 9.84 Å². The van der Waals surface area contributed by atoms with Crippen LogP contribution in [0.25, 0.3) is 0 Å². The molecule has 0 aromatic heterocycles. The summed E-state index contributed by atoms with van der Waals surface area (Å²) in [4.78, 5) is 22.5. The van der Waals surface area contributed by atoms with E-state index in [1.54, 1.807) is 25.1 Å². The van der Waals surface area contributed by atoms with E-state index in [1.165, 1.54) is 7.11 Å². The summed E-state index contributed by atoms with van der Waals surface area (Å²) < 4.78 is 5.72. The quantitative estimate of drug-likeness (QED) is 0.773. The molecule has 1 rings (SSSR count). The number of aliphatic carboxylic acids is 1. The van der Waals surface area contributed by atoms with Crippen molar-refractivity contribution in [3.63, 3.8) is 0 Å². The molecule has 0 radical (unpaired) electrons. The molecule has 1 aromatic carbocycles. The van der Waals surface area contributed by atoms with Gasteiger partial charge < -0.3 is 20.5 Å². The fourth-order valence-electron chi connectivity index (χ4n) is 1.38. The van der Waals surface area contributed by atoms with Crippen LogP contribution in [0.15, 0.2) is 22.7 Å². The molecule has 1 atom stereocenters. The van der Waals surface area contributed by atoms with Gasteiger partial charge in [-0.3, -0.25) is 0 Å². The highest BCUT2D eigenvalue weighted by Crippen LogP contribution is 2.26. The van der Waals surface area contributed by atoms with Gasteiger partial charge in [0.2, 0.25) is 0 Å². The number of carbonyl (C=O) groups excluding carboxylic acids is 1. The summed E-state index contributed by atoms with van der Waals surface area (Å²) in [6.07, 6.45) is 0.308. The second-order valence-electron chi connectivity index (χ2n) is 3.74. The van der Waals surface area contributed by atoms with Crippen molar-refractivity contribution < 1.29 is 19.4 Å². The van der Waals surface area contributed by atoms with Crippen LogP contribution in [0.5, 0.6) is 5.75 Å². The molecule has 0 unspecified atom stereocenters. The van der Waals surface area contributed by atoms with Crippen LogP contribution in [-0.4, -0.2) is 30.3 Å². The zero-order valence-electron chi connectivity index (χ0n) is 10.6. The molecular weight excluding hydrogens is 316 g/mol. The molecule has 0 aliphatic rings. The molecule has 0 aliphatic carbocycles. The molecular formula is C12H15BrN2O4. The Hall–Kier alpha value is -1.76. The maximum absolute atomic E-state index is 11.7. The Balaban J connectivity index is 2.73. The van der Waals surface area contributed by atoms with E-state index in [9.17, 15) is 9.59 Å². The molecule has 19 heavy (non-hydrogen) atoms. The minimum atomic E-state index is -1.07. The van der Waals surface area contributed by atoms with Gasteiger partial charge in [0.25, 0.3) is 0 Å². The van der Waals surface area contributed by atoms with Gasteiger partial charge in [0, 0.05) is 10.5 Å². The van der Waals surface area contributed by atoms with Crippen molar-refractivity contribution in [3.8, 4) is 5.75 Å². The van der Waals surface area contributed by atoms with E-state index in [0.29, 0.717) is 22.3 Å². The molecule has 7 heteroatoms. The number of ether oxygens (including phenoxy) is 1. The molecule has 0 bridgehead atoms. The summed E-state index contributed by atoms with van der Waals surface area (Å²) >= 11 is 3.29. The van der Waals surface area contributed by atoms with Gasteiger partial charge in [0.1, 0.15) is 11.8 Å². The van der Waals surface area contributed by atoms with Gasteiger partial charge in [0.05, 0.1) is 12.8 Å². The van der Waals surface area contributed by atoms with Crippen LogP contribution in [-0.2, 0) is 4.79 Å². The van der Waals surface area contributed by atoms with Crippen molar-refractivity contribution in [1.29, 1.82) is 0 Å². The molecule has 0 heterocycles. The summed E-state index contributed by atoms with van der Waals surface area (Å²) in [5.74, 6) is -0.480.